The van der Waals surface area contributed by atoms with E-state index in [-0.39, 0.29) is 5.92 Å². The minimum absolute atomic E-state index is 0.143. The van der Waals surface area contributed by atoms with Crippen LogP contribution in [0.25, 0.3) is 0 Å². The molecular weight excluding hydrogens is 338 g/mol. The first kappa shape index (κ1) is 24.2. The predicted molar refractivity (Wildman–Crippen MR) is 98.7 cm³/mol. The summed E-state index contributed by atoms with van der Waals surface area (Å²) in [6.07, 6.45) is 0.411. The van der Waals surface area contributed by atoms with Crippen LogP contribution in [0.3, 0.4) is 0 Å². The van der Waals surface area contributed by atoms with Crippen LogP contribution in [0, 0.1) is 5.92 Å². The number of rotatable bonds is 9. The fraction of sp³-hybridized carbons (Fsp3) is 0.842. The maximum Gasteiger partial charge on any atom is 0.410 e. The van der Waals surface area contributed by atoms with Gasteiger partial charge in [-0.1, -0.05) is 27.2 Å². The molecule has 7 heteroatoms. The third kappa shape index (κ3) is 9.63. The summed E-state index contributed by atoms with van der Waals surface area (Å²) in [5.41, 5.74) is -0.673. The van der Waals surface area contributed by atoms with Crippen molar-refractivity contribution in [3.8, 4) is 0 Å². The molecule has 0 unspecified atom stereocenters. The fourth-order valence-electron chi connectivity index (χ4n) is 2.06. The van der Waals surface area contributed by atoms with Gasteiger partial charge in [-0.25, -0.2) is 14.4 Å². The monoisotopic (exact) mass is 373 g/mol. The van der Waals surface area contributed by atoms with Crippen LogP contribution >= 0.6 is 0 Å². The number of nitrogens with zero attached hydrogens (tertiary/aromatic N) is 1. The number of amides is 1. The number of likely N-dealkylation sites (N-methyl/N-ethyl adjacent to an activating group) is 1. The Morgan fingerprint density at radius 3 is 2.08 bits per heavy atom. The van der Waals surface area contributed by atoms with Crippen molar-refractivity contribution in [1.82, 2.24) is 4.90 Å². The highest BCUT2D eigenvalue weighted by atomic mass is 16.6. The molecule has 0 saturated heterocycles. The molecule has 152 valence electrons. The minimum atomic E-state index is -1.03. The molecule has 0 N–H and O–H groups in total. The van der Waals surface area contributed by atoms with Gasteiger partial charge in [-0.3, -0.25) is 4.90 Å². The molecule has 0 rings (SSSR count). The van der Waals surface area contributed by atoms with Gasteiger partial charge in [-0.05, 0) is 46.5 Å². The highest BCUT2D eigenvalue weighted by Gasteiger charge is 2.33. The Balaban J connectivity index is 4.97. The van der Waals surface area contributed by atoms with E-state index >= 15 is 0 Å². The number of ether oxygens (including phenoxy) is 3. The molecule has 0 aromatic carbocycles. The topological polar surface area (TPSA) is 82.1 Å². The molecule has 0 saturated carbocycles. The van der Waals surface area contributed by atoms with E-state index in [1.165, 1.54) is 18.9 Å². The minimum Gasteiger partial charge on any atom is -0.463 e. The van der Waals surface area contributed by atoms with Crippen LogP contribution in [0.4, 0.5) is 4.79 Å². The molecule has 0 aromatic heterocycles. The van der Waals surface area contributed by atoms with E-state index in [2.05, 4.69) is 0 Å². The summed E-state index contributed by atoms with van der Waals surface area (Å²) < 4.78 is 15.6. The lowest BCUT2D eigenvalue weighted by Gasteiger charge is -2.30. The van der Waals surface area contributed by atoms with E-state index in [9.17, 15) is 14.4 Å². The van der Waals surface area contributed by atoms with E-state index < -0.39 is 35.8 Å². The average molecular weight is 373 g/mol. The first-order valence-electron chi connectivity index (χ1n) is 9.22. The number of hydrogen-bond donors (Lipinski definition) is 0. The van der Waals surface area contributed by atoms with E-state index in [4.69, 9.17) is 14.2 Å². The molecule has 7 nitrogen and oxygen atoms in total. The van der Waals surface area contributed by atoms with Crippen molar-refractivity contribution >= 4 is 18.0 Å². The summed E-state index contributed by atoms with van der Waals surface area (Å²) >= 11 is 0. The molecule has 0 aliphatic heterocycles. The summed E-state index contributed by atoms with van der Waals surface area (Å²) in [6.45, 7) is 12.9. The Hall–Kier alpha value is -1.79. The second-order valence-corrected chi connectivity index (χ2v) is 7.84. The number of carbonyl (C=O) groups excluding carboxylic acids is 3. The lowest BCUT2D eigenvalue weighted by Crippen LogP contribution is -2.47. The van der Waals surface area contributed by atoms with Crippen molar-refractivity contribution in [2.75, 3.05) is 13.7 Å². The van der Waals surface area contributed by atoms with Crippen LogP contribution in [0.1, 0.15) is 67.7 Å². The van der Waals surface area contributed by atoms with E-state index in [1.807, 2.05) is 20.8 Å². The zero-order valence-electron chi connectivity index (χ0n) is 17.5. The first-order chi connectivity index (χ1) is 11.9. The average Bonchev–Trinajstić information content (AvgIpc) is 2.49. The summed E-state index contributed by atoms with van der Waals surface area (Å²) in [5.74, 6) is -1.09. The normalized spacial score (nSPS) is 13.7. The Bertz CT molecular complexity index is 469. The highest BCUT2D eigenvalue weighted by molar-refractivity contribution is 5.84. The lowest BCUT2D eigenvalue weighted by atomic mass is 10.0. The van der Waals surface area contributed by atoms with Crippen molar-refractivity contribution in [2.45, 2.75) is 85.5 Å². The molecule has 0 spiro atoms. The smallest absolute Gasteiger partial charge is 0.410 e. The molecule has 0 fully saturated rings. The van der Waals surface area contributed by atoms with Gasteiger partial charge in [-0.2, -0.15) is 0 Å². The van der Waals surface area contributed by atoms with Crippen LogP contribution in [-0.2, 0) is 23.8 Å². The second-order valence-electron chi connectivity index (χ2n) is 7.84. The van der Waals surface area contributed by atoms with Gasteiger partial charge < -0.3 is 14.2 Å². The van der Waals surface area contributed by atoms with Crippen LogP contribution in [0.5, 0.6) is 0 Å². The highest BCUT2D eigenvalue weighted by Crippen LogP contribution is 2.17. The molecule has 2 atom stereocenters. The number of carbonyl (C=O) groups is 3. The molecule has 26 heavy (non-hydrogen) atoms. The molecule has 0 aromatic rings. The molecule has 0 radical (unpaired) electrons. The molecule has 0 heterocycles. The van der Waals surface area contributed by atoms with Gasteiger partial charge >= 0.3 is 18.0 Å². The van der Waals surface area contributed by atoms with Crippen LogP contribution < -0.4 is 0 Å². The van der Waals surface area contributed by atoms with Crippen molar-refractivity contribution in [2.24, 2.45) is 5.92 Å². The third-order valence-corrected chi connectivity index (χ3v) is 3.48. The van der Waals surface area contributed by atoms with Crippen molar-refractivity contribution in [3.05, 3.63) is 0 Å². The van der Waals surface area contributed by atoms with Gasteiger partial charge in [0.2, 0.25) is 0 Å². The number of unbranched alkanes of at least 4 members (excludes halogenated alkanes) is 1. The molecule has 1 amide bonds. The third-order valence-electron chi connectivity index (χ3n) is 3.48. The van der Waals surface area contributed by atoms with Crippen molar-refractivity contribution in [3.63, 3.8) is 0 Å². The fourth-order valence-corrected chi connectivity index (χ4v) is 2.06. The summed E-state index contributed by atoms with van der Waals surface area (Å²) in [5, 5.41) is 0. The number of hydrogen-bond acceptors (Lipinski definition) is 6. The van der Waals surface area contributed by atoms with Gasteiger partial charge in [0.1, 0.15) is 11.6 Å². The van der Waals surface area contributed by atoms with Gasteiger partial charge in [0.15, 0.2) is 6.10 Å². The zero-order valence-corrected chi connectivity index (χ0v) is 17.5. The van der Waals surface area contributed by atoms with Gasteiger partial charge in [0.05, 0.1) is 6.61 Å². The Kier molecular flexibility index (Phi) is 10.3. The van der Waals surface area contributed by atoms with E-state index in [0.717, 1.165) is 12.8 Å². The molecular formula is C19H35NO6. The zero-order chi connectivity index (χ0) is 20.5. The lowest BCUT2D eigenvalue weighted by molar-refractivity contribution is -0.169. The van der Waals surface area contributed by atoms with Gasteiger partial charge in [0, 0.05) is 7.05 Å². The van der Waals surface area contributed by atoms with Gasteiger partial charge in [0.25, 0.3) is 0 Å². The quantitative estimate of drug-likeness (QED) is 0.349. The maximum atomic E-state index is 12.6. The second kappa shape index (κ2) is 11.0. The Labute approximate surface area is 157 Å². The SMILES string of the molecule is CCCCOC(=O)[C@@H](C)OC(=O)[C@H](CC(C)C)N(C)C(=O)OC(C)(C)C. The van der Waals surface area contributed by atoms with E-state index in [0.29, 0.717) is 13.0 Å². The Morgan fingerprint density at radius 2 is 1.62 bits per heavy atom. The molecule has 0 bridgehead atoms. The predicted octanol–water partition coefficient (Wildman–Crippen LogP) is 3.54. The standard InChI is InChI=1S/C19H35NO6/c1-9-10-11-24-16(21)14(4)25-17(22)15(12-13(2)3)20(8)18(23)26-19(5,6)7/h13-15H,9-12H2,1-8H3/t14-,15+/m1/s1. The largest absolute Gasteiger partial charge is 0.463 e. The van der Waals surface area contributed by atoms with Crippen LogP contribution in [-0.4, -0.2) is 54.3 Å². The van der Waals surface area contributed by atoms with Crippen molar-refractivity contribution in [1.29, 1.82) is 0 Å². The summed E-state index contributed by atoms with van der Waals surface area (Å²) in [7, 11) is 1.49. The van der Waals surface area contributed by atoms with Crippen molar-refractivity contribution < 1.29 is 28.6 Å². The number of esters is 2. The van der Waals surface area contributed by atoms with Gasteiger partial charge in [-0.15, -0.1) is 0 Å². The van der Waals surface area contributed by atoms with Crippen LogP contribution in [0.2, 0.25) is 0 Å². The van der Waals surface area contributed by atoms with Crippen LogP contribution in [0.15, 0.2) is 0 Å². The summed E-state index contributed by atoms with van der Waals surface area (Å²) in [6, 6.07) is -0.837. The molecule has 0 aliphatic carbocycles. The maximum absolute atomic E-state index is 12.6. The summed E-state index contributed by atoms with van der Waals surface area (Å²) in [4.78, 5) is 37.9. The molecule has 0 aliphatic rings. The van der Waals surface area contributed by atoms with E-state index in [1.54, 1.807) is 20.8 Å². The first-order valence-corrected chi connectivity index (χ1v) is 9.22. The Morgan fingerprint density at radius 1 is 1.04 bits per heavy atom.